The normalized spacial score (nSPS) is 10.5. The van der Waals surface area contributed by atoms with Crippen LogP contribution < -0.4 is 10.1 Å². The van der Waals surface area contributed by atoms with Gasteiger partial charge in [-0.25, -0.2) is 0 Å². The highest BCUT2D eigenvalue weighted by Crippen LogP contribution is 2.23. The fourth-order valence-corrected chi connectivity index (χ4v) is 2.80. The van der Waals surface area contributed by atoms with Gasteiger partial charge < -0.3 is 14.5 Å². The molecule has 26 heavy (non-hydrogen) atoms. The second-order valence-corrected chi connectivity index (χ2v) is 6.58. The molecule has 3 rings (SSSR count). The molecule has 2 aromatic carbocycles. The van der Waals surface area contributed by atoms with Crippen LogP contribution in [-0.4, -0.2) is 29.0 Å². The summed E-state index contributed by atoms with van der Waals surface area (Å²) in [6.45, 7) is 2.48. The van der Waals surface area contributed by atoms with Crippen LogP contribution in [0.3, 0.4) is 0 Å². The van der Waals surface area contributed by atoms with Crippen molar-refractivity contribution in [3.63, 3.8) is 0 Å². The van der Waals surface area contributed by atoms with Crippen LogP contribution in [0.25, 0.3) is 11.5 Å². The fraction of sp³-hybridized carbons (Fsp3) is 0.211. The highest BCUT2D eigenvalue weighted by Gasteiger charge is 2.11. The fourth-order valence-electron chi connectivity index (χ4n) is 2.20. The Morgan fingerprint density at radius 3 is 2.54 bits per heavy atom. The average Bonchev–Trinajstić information content (AvgIpc) is 3.14. The second-order valence-electron chi connectivity index (χ2n) is 5.65. The first-order valence-corrected chi connectivity index (χ1v) is 9.05. The van der Waals surface area contributed by atoms with Crippen molar-refractivity contribution in [2.24, 2.45) is 0 Å². The van der Waals surface area contributed by atoms with Crippen LogP contribution >= 0.6 is 11.8 Å². The number of carbonyl (C=O) groups excluding carboxylic acids is 1. The Labute approximate surface area is 156 Å². The lowest BCUT2D eigenvalue weighted by Crippen LogP contribution is -2.24. The quantitative estimate of drug-likeness (QED) is 0.643. The molecule has 0 aliphatic heterocycles. The van der Waals surface area contributed by atoms with Crippen molar-refractivity contribution in [3.8, 4) is 17.2 Å². The van der Waals surface area contributed by atoms with E-state index in [0.29, 0.717) is 17.7 Å². The number of rotatable bonds is 7. The lowest BCUT2D eigenvalue weighted by Gasteiger charge is -2.05. The van der Waals surface area contributed by atoms with E-state index in [4.69, 9.17) is 9.15 Å². The topological polar surface area (TPSA) is 77.2 Å². The van der Waals surface area contributed by atoms with Crippen LogP contribution in [0, 0.1) is 6.92 Å². The number of benzene rings is 2. The molecule has 0 fully saturated rings. The summed E-state index contributed by atoms with van der Waals surface area (Å²) in [5.41, 5.74) is 3.03. The molecule has 0 bridgehead atoms. The molecule has 1 heterocycles. The summed E-state index contributed by atoms with van der Waals surface area (Å²) < 4.78 is 10.7. The SMILES string of the molecule is COc1ccc(CNC(=O)CSc2nnc(-c3ccc(C)cc3)o2)cc1. The van der Waals surface area contributed by atoms with Gasteiger partial charge in [-0.1, -0.05) is 41.6 Å². The van der Waals surface area contributed by atoms with Gasteiger partial charge in [0.2, 0.25) is 11.8 Å². The van der Waals surface area contributed by atoms with E-state index in [9.17, 15) is 4.79 Å². The molecule has 0 atom stereocenters. The van der Waals surface area contributed by atoms with Crippen LogP contribution in [0.5, 0.6) is 5.75 Å². The van der Waals surface area contributed by atoms with Crippen LogP contribution in [0.15, 0.2) is 58.2 Å². The molecule has 0 aliphatic rings. The van der Waals surface area contributed by atoms with Gasteiger partial charge in [0.1, 0.15) is 5.75 Å². The van der Waals surface area contributed by atoms with E-state index >= 15 is 0 Å². The predicted molar refractivity (Wildman–Crippen MR) is 100 cm³/mol. The largest absolute Gasteiger partial charge is 0.497 e. The zero-order chi connectivity index (χ0) is 18.4. The van der Waals surface area contributed by atoms with Crippen molar-refractivity contribution >= 4 is 17.7 Å². The van der Waals surface area contributed by atoms with Gasteiger partial charge in [0.15, 0.2) is 0 Å². The van der Waals surface area contributed by atoms with E-state index in [1.807, 2.05) is 55.5 Å². The molecule has 0 saturated carbocycles. The first-order chi connectivity index (χ1) is 12.6. The molecule has 0 aliphatic carbocycles. The number of hydrogen-bond acceptors (Lipinski definition) is 6. The number of aromatic nitrogens is 2. The number of hydrogen-bond donors (Lipinski definition) is 1. The predicted octanol–water partition coefficient (Wildman–Crippen LogP) is 3.46. The first kappa shape index (κ1) is 18.0. The van der Waals surface area contributed by atoms with Crippen molar-refractivity contribution in [1.82, 2.24) is 15.5 Å². The molecule has 1 amide bonds. The Bertz CT molecular complexity index is 860. The molecule has 1 N–H and O–H groups in total. The Morgan fingerprint density at radius 1 is 1.12 bits per heavy atom. The molecule has 0 spiro atoms. The Morgan fingerprint density at radius 2 is 1.85 bits per heavy atom. The number of aryl methyl sites for hydroxylation is 1. The third kappa shape index (κ3) is 4.86. The number of nitrogens with zero attached hydrogens (tertiary/aromatic N) is 2. The van der Waals surface area contributed by atoms with Gasteiger partial charge in [0.25, 0.3) is 5.22 Å². The summed E-state index contributed by atoms with van der Waals surface area (Å²) in [6, 6.07) is 15.4. The van der Waals surface area contributed by atoms with E-state index in [2.05, 4.69) is 15.5 Å². The molecular formula is C19H19N3O3S. The third-order valence-corrected chi connectivity index (χ3v) is 4.50. The monoisotopic (exact) mass is 369 g/mol. The molecule has 0 saturated heterocycles. The van der Waals surface area contributed by atoms with Crippen molar-refractivity contribution < 1.29 is 13.9 Å². The van der Waals surface area contributed by atoms with Gasteiger partial charge in [0, 0.05) is 12.1 Å². The minimum absolute atomic E-state index is 0.0964. The summed E-state index contributed by atoms with van der Waals surface area (Å²) in [7, 11) is 1.62. The number of thioether (sulfide) groups is 1. The highest BCUT2D eigenvalue weighted by atomic mass is 32.2. The van der Waals surface area contributed by atoms with Gasteiger partial charge in [0.05, 0.1) is 12.9 Å². The number of ether oxygens (including phenoxy) is 1. The molecular weight excluding hydrogens is 350 g/mol. The minimum Gasteiger partial charge on any atom is -0.497 e. The van der Waals surface area contributed by atoms with Gasteiger partial charge in [-0.05, 0) is 36.8 Å². The maximum atomic E-state index is 12.0. The van der Waals surface area contributed by atoms with Crippen LogP contribution in [0.4, 0.5) is 0 Å². The smallest absolute Gasteiger partial charge is 0.277 e. The number of amides is 1. The number of nitrogens with one attached hydrogen (secondary N) is 1. The minimum atomic E-state index is -0.0964. The van der Waals surface area contributed by atoms with Crippen molar-refractivity contribution in [3.05, 3.63) is 59.7 Å². The molecule has 3 aromatic rings. The van der Waals surface area contributed by atoms with Gasteiger partial charge in [-0.2, -0.15) is 0 Å². The summed E-state index contributed by atoms with van der Waals surface area (Å²) in [5, 5.41) is 11.2. The second kappa shape index (κ2) is 8.53. The first-order valence-electron chi connectivity index (χ1n) is 8.07. The lowest BCUT2D eigenvalue weighted by atomic mass is 10.1. The molecule has 6 nitrogen and oxygen atoms in total. The Kier molecular flexibility index (Phi) is 5.91. The van der Waals surface area contributed by atoms with Gasteiger partial charge in [-0.15, -0.1) is 10.2 Å². The standard InChI is InChI=1S/C19H19N3O3S/c1-13-3-7-15(8-4-13)18-21-22-19(25-18)26-12-17(23)20-11-14-5-9-16(24-2)10-6-14/h3-10H,11-12H2,1-2H3,(H,20,23). The maximum absolute atomic E-state index is 12.0. The van der Waals surface area contributed by atoms with E-state index in [0.717, 1.165) is 22.4 Å². The van der Waals surface area contributed by atoms with Crippen molar-refractivity contribution in [2.45, 2.75) is 18.7 Å². The summed E-state index contributed by atoms with van der Waals surface area (Å²) in [5.74, 6) is 1.36. The van der Waals surface area contributed by atoms with Crippen LogP contribution in [-0.2, 0) is 11.3 Å². The van der Waals surface area contributed by atoms with E-state index in [1.54, 1.807) is 7.11 Å². The lowest BCUT2D eigenvalue weighted by molar-refractivity contribution is -0.118. The Hall–Kier alpha value is -2.80. The molecule has 0 unspecified atom stereocenters. The van der Waals surface area contributed by atoms with Gasteiger partial charge >= 0.3 is 0 Å². The van der Waals surface area contributed by atoms with Crippen LogP contribution in [0.2, 0.25) is 0 Å². The van der Waals surface area contributed by atoms with Crippen LogP contribution in [0.1, 0.15) is 11.1 Å². The zero-order valence-corrected chi connectivity index (χ0v) is 15.4. The number of carbonyl (C=O) groups is 1. The van der Waals surface area contributed by atoms with Gasteiger partial charge in [-0.3, -0.25) is 4.79 Å². The Balaban J connectivity index is 1.47. The number of methoxy groups -OCH3 is 1. The summed E-state index contributed by atoms with van der Waals surface area (Å²) in [6.07, 6.45) is 0. The van der Waals surface area contributed by atoms with E-state index < -0.39 is 0 Å². The molecule has 0 radical (unpaired) electrons. The molecule has 7 heteroatoms. The summed E-state index contributed by atoms with van der Waals surface area (Å²) in [4.78, 5) is 12.0. The summed E-state index contributed by atoms with van der Waals surface area (Å²) >= 11 is 1.22. The zero-order valence-electron chi connectivity index (χ0n) is 14.6. The third-order valence-electron chi connectivity index (χ3n) is 3.68. The maximum Gasteiger partial charge on any atom is 0.277 e. The van der Waals surface area contributed by atoms with Crippen molar-refractivity contribution in [1.29, 1.82) is 0 Å². The van der Waals surface area contributed by atoms with Crippen molar-refractivity contribution in [2.75, 3.05) is 12.9 Å². The highest BCUT2D eigenvalue weighted by molar-refractivity contribution is 7.99. The average molecular weight is 369 g/mol. The molecule has 1 aromatic heterocycles. The van der Waals surface area contributed by atoms with E-state index in [-0.39, 0.29) is 11.7 Å². The molecule has 134 valence electrons. The van der Waals surface area contributed by atoms with E-state index in [1.165, 1.54) is 11.8 Å².